The fourth-order valence-corrected chi connectivity index (χ4v) is 3.71. The molecule has 5 heteroatoms. The summed E-state index contributed by atoms with van der Waals surface area (Å²) in [5.41, 5.74) is 4.51. The Kier molecular flexibility index (Phi) is 4.11. The summed E-state index contributed by atoms with van der Waals surface area (Å²) in [7, 11) is 2.72. The van der Waals surface area contributed by atoms with Crippen molar-refractivity contribution in [1.82, 2.24) is 0 Å². The van der Waals surface area contributed by atoms with Gasteiger partial charge >= 0.3 is 11.9 Å². The highest BCUT2D eigenvalue weighted by Crippen LogP contribution is 2.46. The molecule has 0 aromatic heterocycles. The Bertz CT molecular complexity index is 679. The average molecular weight is 315 g/mol. The summed E-state index contributed by atoms with van der Waals surface area (Å²) in [6, 6.07) is 8.19. The van der Waals surface area contributed by atoms with E-state index in [1.165, 1.54) is 19.8 Å². The number of carbonyl (C=O) groups is 2. The van der Waals surface area contributed by atoms with Crippen molar-refractivity contribution in [2.24, 2.45) is 11.8 Å². The van der Waals surface area contributed by atoms with Gasteiger partial charge in [0.2, 0.25) is 0 Å². The van der Waals surface area contributed by atoms with Gasteiger partial charge in [-0.3, -0.25) is 9.59 Å². The van der Waals surface area contributed by atoms with Crippen molar-refractivity contribution in [3.8, 4) is 0 Å². The van der Waals surface area contributed by atoms with Gasteiger partial charge in [-0.2, -0.15) is 0 Å². The molecule has 3 rings (SSSR count). The molecular formula is C18H21NO4. The summed E-state index contributed by atoms with van der Waals surface area (Å²) in [5.74, 6) is -1.68. The van der Waals surface area contributed by atoms with Crippen molar-refractivity contribution in [3.05, 3.63) is 35.4 Å². The Morgan fingerprint density at radius 3 is 2.30 bits per heavy atom. The van der Waals surface area contributed by atoms with Crippen LogP contribution in [0.3, 0.4) is 0 Å². The number of hydrogen-bond donors (Lipinski definition) is 1. The number of rotatable bonds is 2. The van der Waals surface area contributed by atoms with Gasteiger partial charge < -0.3 is 14.8 Å². The zero-order valence-corrected chi connectivity index (χ0v) is 13.6. The Balaban J connectivity index is 2.06. The minimum Gasteiger partial charge on any atom is -0.469 e. The van der Waals surface area contributed by atoms with Gasteiger partial charge in [-0.25, -0.2) is 0 Å². The van der Waals surface area contributed by atoms with E-state index in [0.717, 1.165) is 16.8 Å². The molecule has 0 saturated heterocycles. The van der Waals surface area contributed by atoms with Crippen LogP contribution < -0.4 is 5.32 Å². The Hall–Kier alpha value is -2.30. The molecule has 0 amide bonds. The molecule has 1 N–H and O–H groups in total. The third kappa shape index (κ3) is 2.60. The van der Waals surface area contributed by atoms with Crippen LogP contribution in [-0.4, -0.2) is 32.2 Å². The lowest BCUT2D eigenvalue weighted by atomic mass is 9.71. The molecule has 5 nitrogen and oxygen atoms in total. The van der Waals surface area contributed by atoms with Crippen LogP contribution in [0.4, 0.5) is 5.69 Å². The Morgan fingerprint density at radius 1 is 1.04 bits per heavy atom. The second-order valence-electron chi connectivity index (χ2n) is 6.08. The van der Waals surface area contributed by atoms with Crippen LogP contribution in [0.1, 0.15) is 25.3 Å². The van der Waals surface area contributed by atoms with E-state index in [9.17, 15) is 9.59 Å². The van der Waals surface area contributed by atoms with Crippen LogP contribution in [0.25, 0.3) is 5.57 Å². The second-order valence-corrected chi connectivity index (χ2v) is 6.08. The summed E-state index contributed by atoms with van der Waals surface area (Å²) in [6.45, 7) is 2.08. The largest absolute Gasteiger partial charge is 0.469 e. The number of allylic oxidation sites excluding steroid dienone is 1. The fraction of sp³-hybridized carbons (Fsp3) is 0.444. The molecule has 1 aromatic carbocycles. The van der Waals surface area contributed by atoms with Gasteiger partial charge in [-0.05, 0) is 37.0 Å². The molecule has 0 fully saturated rings. The molecule has 1 aliphatic carbocycles. The lowest BCUT2D eigenvalue weighted by Gasteiger charge is -2.38. The van der Waals surface area contributed by atoms with Crippen molar-refractivity contribution in [3.63, 3.8) is 0 Å². The SMILES string of the molecule is COC(=O)[C@H]1CC2=C(C[C@@H]1C(=O)OC)C(C)Nc1ccccc12. The predicted molar refractivity (Wildman–Crippen MR) is 86.7 cm³/mol. The number of ether oxygens (including phenoxy) is 2. The number of nitrogens with one attached hydrogen (secondary N) is 1. The molecule has 1 unspecified atom stereocenters. The summed E-state index contributed by atoms with van der Waals surface area (Å²) < 4.78 is 9.83. The van der Waals surface area contributed by atoms with Gasteiger partial charge in [0.15, 0.2) is 0 Å². The van der Waals surface area contributed by atoms with E-state index in [0.29, 0.717) is 12.8 Å². The quantitative estimate of drug-likeness (QED) is 0.850. The molecule has 1 heterocycles. The number of carbonyl (C=O) groups excluding carboxylic acids is 2. The minimum absolute atomic E-state index is 0.130. The van der Waals surface area contributed by atoms with E-state index < -0.39 is 11.8 Å². The lowest BCUT2D eigenvalue weighted by Crippen LogP contribution is -2.39. The first kappa shape index (κ1) is 15.6. The normalized spacial score (nSPS) is 25.8. The molecule has 1 aliphatic heterocycles. The van der Waals surface area contributed by atoms with Crippen molar-refractivity contribution >= 4 is 23.2 Å². The van der Waals surface area contributed by atoms with Crippen LogP contribution in [0, 0.1) is 11.8 Å². The van der Waals surface area contributed by atoms with Gasteiger partial charge in [0.25, 0.3) is 0 Å². The van der Waals surface area contributed by atoms with E-state index in [4.69, 9.17) is 9.47 Å². The van der Waals surface area contributed by atoms with E-state index in [2.05, 4.69) is 18.3 Å². The second kappa shape index (κ2) is 6.07. The van der Waals surface area contributed by atoms with Crippen molar-refractivity contribution in [2.45, 2.75) is 25.8 Å². The zero-order valence-electron chi connectivity index (χ0n) is 13.6. The van der Waals surface area contributed by atoms with E-state index in [1.54, 1.807) is 0 Å². The zero-order chi connectivity index (χ0) is 16.6. The highest BCUT2D eigenvalue weighted by atomic mass is 16.5. The maximum Gasteiger partial charge on any atom is 0.309 e. The number of hydrogen-bond acceptors (Lipinski definition) is 5. The van der Waals surface area contributed by atoms with Gasteiger partial charge in [-0.15, -0.1) is 0 Å². The molecule has 0 saturated carbocycles. The molecule has 3 atom stereocenters. The summed E-state index contributed by atoms with van der Waals surface area (Å²) >= 11 is 0. The molecule has 1 aromatic rings. The first-order chi connectivity index (χ1) is 11.1. The average Bonchev–Trinajstić information content (AvgIpc) is 2.59. The minimum atomic E-state index is -0.496. The monoisotopic (exact) mass is 315 g/mol. The number of para-hydroxylation sites is 1. The topological polar surface area (TPSA) is 64.6 Å². The molecule has 122 valence electrons. The first-order valence-corrected chi connectivity index (χ1v) is 7.80. The maximum atomic E-state index is 12.2. The van der Waals surface area contributed by atoms with Crippen LogP contribution in [0.2, 0.25) is 0 Å². The predicted octanol–water partition coefficient (Wildman–Crippen LogP) is 2.63. The highest BCUT2D eigenvalue weighted by molar-refractivity contribution is 5.90. The van der Waals surface area contributed by atoms with E-state index in [-0.39, 0.29) is 18.0 Å². The summed E-state index contributed by atoms with van der Waals surface area (Å²) in [6.07, 6.45) is 1.02. The third-order valence-electron chi connectivity index (χ3n) is 4.89. The fourth-order valence-electron chi connectivity index (χ4n) is 3.71. The highest BCUT2D eigenvalue weighted by Gasteiger charge is 2.43. The summed E-state index contributed by atoms with van der Waals surface area (Å²) in [5, 5.41) is 3.47. The molecule has 0 radical (unpaired) electrons. The van der Waals surface area contributed by atoms with Crippen molar-refractivity contribution in [2.75, 3.05) is 19.5 Å². The van der Waals surface area contributed by atoms with Gasteiger partial charge in [0.1, 0.15) is 0 Å². The Labute approximate surface area is 135 Å². The number of anilines is 1. The van der Waals surface area contributed by atoms with Gasteiger partial charge in [0, 0.05) is 17.3 Å². The smallest absolute Gasteiger partial charge is 0.309 e. The van der Waals surface area contributed by atoms with Crippen LogP contribution in [0.15, 0.2) is 29.8 Å². The molecule has 23 heavy (non-hydrogen) atoms. The number of benzene rings is 1. The maximum absolute atomic E-state index is 12.2. The number of fused-ring (bicyclic) bond motifs is 2. The molecule has 0 spiro atoms. The lowest BCUT2D eigenvalue weighted by molar-refractivity contribution is -0.157. The van der Waals surface area contributed by atoms with Gasteiger partial charge in [0.05, 0.1) is 26.1 Å². The standard InChI is InChI=1S/C18H21NO4/c1-10-12-8-14(17(20)22-2)15(18(21)23-3)9-13(12)11-6-4-5-7-16(11)19-10/h4-7,10,14-15,19H,8-9H2,1-3H3/t10?,14-,15-/m0/s1. The van der Waals surface area contributed by atoms with Crippen LogP contribution in [0.5, 0.6) is 0 Å². The Morgan fingerprint density at radius 2 is 1.65 bits per heavy atom. The van der Waals surface area contributed by atoms with Gasteiger partial charge in [-0.1, -0.05) is 18.2 Å². The van der Waals surface area contributed by atoms with E-state index in [1.807, 2.05) is 18.2 Å². The first-order valence-electron chi connectivity index (χ1n) is 7.80. The summed E-state index contributed by atoms with van der Waals surface area (Å²) in [4.78, 5) is 24.3. The molecular weight excluding hydrogens is 294 g/mol. The van der Waals surface area contributed by atoms with Crippen molar-refractivity contribution in [1.29, 1.82) is 0 Å². The molecule has 0 bridgehead atoms. The van der Waals surface area contributed by atoms with Crippen LogP contribution >= 0.6 is 0 Å². The molecule has 2 aliphatic rings. The third-order valence-corrected chi connectivity index (χ3v) is 4.89. The van der Waals surface area contributed by atoms with E-state index >= 15 is 0 Å². The van der Waals surface area contributed by atoms with Crippen molar-refractivity contribution < 1.29 is 19.1 Å². The number of esters is 2. The number of methoxy groups -OCH3 is 2. The van der Waals surface area contributed by atoms with Crippen LogP contribution in [-0.2, 0) is 19.1 Å².